The van der Waals surface area contributed by atoms with E-state index in [0.717, 1.165) is 12.8 Å². The summed E-state index contributed by atoms with van der Waals surface area (Å²) in [5.74, 6) is -2.57. The Balaban J connectivity index is 0.000000853. The minimum absolute atomic E-state index is 0. The molecule has 1 spiro atoms. The van der Waals surface area contributed by atoms with Gasteiger partial charge in [-0.15, -0.1) is 12.4 Å². The van der Waals surface area contributed by atoms with Gasteiger partial charge in [-0.3, -0.25) is 0 Å². The Morgan fingerprint density at radius 3 is 2.13 bits per heavy atom. The van der Waals surface area contributed by atoms with Crippen molar-refractivity contribution in [2.75, 3.05) is 26.3 Å². The Morgan fingerprint density at radius 1 is 1.13 bits per heavy atom. The quantitative estimate of drug-likeness (QED) is 0.752. The second-order valence-electron chi connectivity index (χ2n) is 4.81. The zero-order valence-electron chi connectivity index (χ0n) is 8.47. The molecule has 2 saturated heterocycles. The summed E-state index contributed by atoms with van der Waals surface area (Å²) in [5, 5.41) is 2.98. The zero-order chi connectivity index (χ0) is 9.81. The largest absolute Gasteiger partial charge is 0.381 e. The van der Waals surface area contributed by atoms with E-state index < -0.39 is 11.3 Å². The third-order valence-electron chi connectivity index (χ3n) is 4.18. The number of halogens is 3. The van der Waals surface area contributed by atoms with Crippen LogP contribution in [0.15, 0.2) is 0 Å². The third-order valence-corrected chi connectivity index (χ3v) is 4.18. The van der Waals surface area contributed by atoms with E-state index in [0.29, 0.717) is 26.3 Å². The first-order valence-corrected chi connectivity index (χ1v) is 5.35. The highest BCUT2D eigenvalue weighted by atomic mass is 35.5. The maximum atomic E-state index is 13.6. The Morgan fingerprint density at radius 2 is 1.73 bits per heavy atom. The molecule has 0 bridgehead atoms. The molecule has 15 heavy (non-hydrogen) atoms. The first kappa shape index (κ1) is 11.6. The maximum absolute atomic E-state index is 13.6. The Kier molecular flexibility index (Phi) is 2.72. The lowest BCUT2D eigenvalue weighted by atomic mass is 9.86. The van der Waals surface area contributed by atoms with Crippen molar-refractivity contribution in [3.63, 3.8) is 0 Å². The van der Waals surface area contributed by atoms with Crippen LogP contribution in [-0.2, 0) is 4.74 Å². The molecule has 3 rings (SSSR count). The van der Waals surface area contributed by atoms with Gasteiger partial charge in [0.25, 0.3) is 5.92 Å². The minimum Gasteiger partial charge on any atom is -0.381 e. The van der Waals surface area contributed by atoms with E-state index in [1.54, 1.807) is 0 Å². The molecule has 0 amide bonds. The van der Waals surface area contributed by atoms with E-state index in [1.165, 1.54) is 0 Å². The Hall–Kier alpha value is 0.0700. The fourth-order valence-electron chi connectivity index (χ4n) is 3.19. The minimum atomic E-state index is -2.40. The van der Waals surface area contributed by atoms with Gasteiger partial charge in [-0.2, -0.15) is 0 Å². The summed E-state index contributed by atoms with van der Waals surface area (Å²) < 4.78 is 32.4. The van der Waals surface area contributed by atoms with Crippen LogP contribution in [0.5, 0.6) is 0 Å². The summed E-state index contributed by atoms with van der Waals surface area (Å²) >= 11 is 0. The van der Waals surface area contributed by atoms with Crippen LogP contribution in [0, 0.1) is 17.3 Å². The summed E-state index contributed by atoms with van der Waals surface area (Å²) in [6.45, 7) is 2.37. The van der Waals surface area contributed by atoms with Gasteiger partial charge < -0.3 is 10.1 Å². The molecule has 1 saturated carbocycles. The van der Waals surface area contributed by atoms with Gasteiger partial charge in [0.1, 0.15) is 0 Å². The van der Waals surface area contributed by atoms with Gasteiger partial charge in [0, 0.05) is 32.2 Å². The predicted octanol–water partition coefficient (Wildman–Crippen LogP) is 1.69. The Labute approximate surface area is 94.2 Å². The van der Waals surface area contributed by atoms with Crippen LogP contribution in [0.4, 0.5) is 8.78 Å². The number of alkyl halides is 2. The maximum Gasteiger partial charge on any atom is 0.260 e. The summed E-state index contributed by atoms with van der Waals surface area (Å²) in [7, 11) is 0. The lowest BCUT2D eigenvalue weighted by molar-refractivity contribution is 0.0218. The van der Waals surface area contributed by atoms with E-state index in [2.05, 4.69) is 5.32 Å². The van der Waals surface area contributed by atoms with Crippen molar-refractivity contribution in [1.82, 2.24) is 5.32 Å². The average Bonchev–Trinajstić information content (AvgIpc) is 2.64. The monoisotopic (exact) mass is 239 g/mol. The summed E-state index contributed by atoms with van der Waals surface area (Å²) in [4.78, 5) is 0. The van der Waals surface area contributed by atoms with Crippen molar-refractivity contribution in [1.29, 1.82) is 0 Å². The average molecular weight is 240 g/mol. The van der Waals surface area contributed by atoms with Crippen LogP contribution in [-0.4, -0.2) is 32.2 Å². The number of hydrogen-bond acceptors (Lipinski definition) is 2. The van der Waals surface area contributed by atoms with Crippen molar-refractivity contribution in [2.24, 2.45) is 17.3 Å². The van der Waals surface area contributed by atoms with Crippen molar-refractivity contribution in [2.45, 2.75) is 18.8 Å². The fourth-order valence-corrected chi connectivity index (χ4v) is 3.19. The molecule has 2 nitrogen and oxygen atoms in total. The standard InChI is InChI=1S/C10H15F2NO.ClH/c11-10(12)8(9(10)5-13-6-9)7-1-3-14-4-2-7;/h7-8,13H,1-6H2;1H. The van der Waals surface area contributed by atoms with Crippen molar-refractivity contribution < 1.29 is 13.5 Å². The molecule has 1 aliphatic carbocycles. The molecule has 0 aromatic rings. The number of hydrogen-bond donors (Lipinski definition) is 1. The van der Waals surface area contributed by atoms with Gasteiger partial charge in [-0.05, 0) is 18.8 Å². The van der Waals surface area contributed by atoms with Gasteiger partial charge in [0.05, 0.1) is 5.41 Å². The third kappa shape index (κ3) is 1.34. The van der Waals surface area contributed by atoms with Crippen LogP contribution >= 0.6 is 12.4 Å². The highest BCUT2D eigenvalue weighted by molar-refractivity contribution is 5.85. The van der Waals surface area contributed by atoms with E-state index in [9.17, 15) is 8.78 Å². The van der Waals surface area contributed by atoms with Gasteiger partial charge >= 0.3 is 0 Å². The second-order valence-corrected chi connectivity index (χ2v) is 4.81. The lowest BCUT2D eigenvalue weighted by Crippen LogP contribution is -2.48. The second kappa shape index (κ2) is 3.54. The molecule has 3 fully saturated rings. The molecule has 2 aliphatic heterocycles. The molecule has 1 atom stereocenters. The summed E-state index contributed by atoms with van der Waals surface area (Å²) in [6.07, 6.45) is 1.64. The van der Waals surface area contributed by atoms with Gasteiger partial charge in [-0.25, -0.2) is 8.78 Å². The predicted molar refractivity (Wildman–Crippen MR) is 54.5 cm³/mol. The van der Waals surface area contributed by atoms with Gasteiger partial charge in [0.15, 0.2) is 0 Å². The van der Waals surface area contributed by atoms with Crippen molar-refractivity contribution in [3.05, 3.63) is 0 Å². The molecule has 0 radical (unpaired) electrons. The van der Waals surface area contributed by atoms with E-state index >= 15 is 0 Å². The van der Waals surface area contributed by atoms with E-state index in [-0.39, 0.29) is 24.2 Å². The normalized spacial score (nSPS) is 36.8. The van der Waals surface area contributed by atoms with Crippen LogP contribution in [0.3, 0.4) is 0 Å². The summed E-state index contributed by atoms with van der Waals surface area (Å²) in [6, 6.07) is 0. The number of rotatable bonds is 1. The molecule has 5 heteroatoms. The topological polar surface area (TPSA) is 21.3 Å². The first-order valence-electron chi connectivity index (χ1n) is 5.35. The smallest absolute Gasteiger partial charge is 0.260 e. The number of nitrogens with one attached hydrogen (secondary N) is 1. The molecule has 1 unspecified atom stereocenters. The molecule has 2 heterocycles. The van der Waals surface area contributed by atoms with E-state index in [4.69, 9.17) is 4.74 Å². The van der Waals surface area contributed by atoms with E-state index in [1.807, 2.05) is 0 Å². The molecular weight excluding hydrogens is 224 g/mol. The lowest BCUT2D eigenvalue weighted by Gasteiger charge is -2.30. The SMILES string of the molecule is Cl.FC1(F)C(C2CCOCC2)C12CNC2. The molecule has 88 valence electrons. The fraction of sp³-hybridized carbons (Fsp3) is 1.00. The highest BCUT2D eigenvalue weighted by Crippen LogP contribution is 2.71. The van der Waals surface area contributed by atoms with Gasteiger partial charge in [0.2, 0.25) is 0 Å². The first-order chi connectivity index (χ1) is 6.68. The molecule has 3 aliphatic rings. The zero-order valence-corrected chi connectivity index (χ0v) is 9.29. The molecular formula is C10H16ClF2NO. The van der Waals surface area contributed by atoms with Gasteiger partial charge in [-0.1, -0.05) is 0 Å². The van der Waals surface area contributed by atoms with Crippen molar-refractivity contribution in [3.8, 4) is 0 Å². The Bertz CT molecular complexity index is 252. The molecule has 0 aromatic heterocycles. The van der Waals surface area contributed by atoms with Crippen molar-refractivity contribution >= 4 is 12.4 Å². The van der Waals surface area contributed by atoms with Crippen LogP contribution in [0.25, 0.3) is 0 Å². The van der Waals surface area contributed by atoms with Crippen LogP contribution < -0.4 is 5.32 Å². The molecule has 1 N–H and O–H groups in total. The van der Waals surface area contributed by atoms with Crippen LogP contribution in [0.1, 0.15) is 12.8 Å². The molecule has 0 aromatic carbocycles. The van der Waals surface area contributed by atoms with Crippen LogP contribution in [0.2, 0.25) is 0 Å². The summed E-state index contributed by atoms with van der Waals surface area (Å²) in [5.41, 5.74) is -0.658. The number of ether oxygens (including phenoxy) is 1. The highest BCUT2D eigenvalue weighted by Gasteiger charge is 2.83.